The molecule has 0 aliphatic rings. The van der Waals surface area contributed by atoms with E-state index < -0.39 is 24.5 Å². The zero-order valence-electron chi connectivity index (χ0n) is 16.1. The van der Waals surface area contributed by atoms with E-state index in [9.17, 15) is 14.4 Å². The van der Waals surface area contributed by atoms with Crippen molar-refractivity contribution in [1.29, 1.82) is 0 Å². The van der Waals surface area contributed by atoms with Crippen molar-refractivity contribution in [3.05, 3.63) is 53.1 Å². The lowest BCUT2D eigenvalue weighted by molar-refractivity contribution is -0.123. The van der Waals surface area contributed by atoms with E-state index in [0.717, 1.165) is 11.1 Å². The number of hydrogen-bond donors (Lipinski definition) is 2. The number of nitrogens with one attached hydrogen (secondary N) is 2. The molecule has 2 rings (SSSR count). The van der Waals surface area contributed by atoms with Crippen molar-refractivity contribution in [2.75, 3.05) is 26.1 Å². The standard InChI is InChI=1S/C20H22N2O6/c1-12-8-9-14(13(2)10-12)21-20(25)22-17(23)11-28-19(24)18-15(26-3)6-5-7-16(18)27-4/h5-10H,11H2,1-4H3,(H2,21,22,23,25). The summed E-state index contributed by atoms with van der Waals surface area (Å²) in [6, 6.07) is 9.55. The number of amides is 3. The first-order valence-electron chi connectivity index (χ1n) is 8.42. The summed E-state index contributed by atoms with van der Waals surface area (Å²) >= 11 is 0. The normalized spacial score (nSPS) is 10.0. The van der Waals surface area contributed by atoms with Gasteiger partial charge in [0.2, 0.25) is 0 Å². The Morgan fingerprint density at radius 2 is 1.61 bits per heavy atom. The number of rotatable bonds is 6. The van der Waals surface area contributed by atoms with Crippen molar-refractivity contribution in [1.82, 2.24) is 5.32 Å². The highest BCUT2D eigenvalue weighted by Gasteiger charge is 2.21. The summed E-state index contributed by atoms with van der Waals surface area (Å²) in [5.41, 5.74) is 2.54. The third-order valence-electron chi connectivity index (χ3n) is 3.85. The second kappa shape index (κ2) is 9.40. The topological polar surface area (TPSA) is 103 Å². The third-order valence-corrected chi connectivity index (χ3v) is 3.85. The smallest absolute Gasteiger partial charge is 0.346 e. The summed E-state index contributed by atoms with van der Waals surface area (Å²) in [5.74, 6) is -1.08. The lowest BCUT2D eigenvalue weighted by Crippen LogP contribution is -2.37. The Hall–Kier alpha value is -3.55. The zero-order valence-corrected chi connectivity index (χ0v) is 16.1. The number of hydrogen-bond acceptors (Lipinski definition) is 6. The highest BCUT2D eigenvalue weighted by Crippen LogP contribution is 2.28. The van der Waals surface area contributed by atoms with Crippen LogP contribution in [0.5, 0.6) is 11.5 Å². The molecule has 0 spiro atoms. The minimum absolute atomic E-state index is 0.0556. The van der Waals surface area contributed by atoms with E-state index in [-0.39, 0.29) is 17.1 Å². The van der Waals surface area contributed by atoms with Crippen LogP contribution in [0.4, 0.5) is 10.5 Å². The van der Waals surface area contributed by atoms with Gasteiger partial charge in [0.25, 0.3) is 5.91 Å². The summed E-state index contributed by atoms with van der Waals surface area (Å²) in [5, 5.41) is 4.68. The second-order valence-corrected chi connectivity index (χ2v) is 5.93. The van der Waals surface area contributed by atoms with Crippen LogP contribution in [0.1, 0.15) is 21.5 Å². The molecule has 148 valence electrons. The Morgan fingerprint density at radius 1 is 0.964 bits per heavy atom. The molecule has 0 radical (unpaired) electrons. The number of carbonyl (C=O) groups is 3. The van der Waals surface area contributed by atoms with Gasteiger partial charge in [0.15, 0.2) is 6.61 Å². The van der Waals surface area contributed by atoms with E-state index in [1.165, 1.54) is 14.2 Å². The van der Waals surface area contributed by atoms with E-state index in [1.807, 2.05) is 26.0 Å². The van der Waals surface area contributed by atoms with E-state index in [0.29, 0.717) is 5.69 Å². The molecule has 2 aromatic carbocycles. The predicted molar refractivity (Wildman–Crippen MR) is 103 cm³/mol. The first-order valence-corrected chi connectivity index (χ1v) is 8.42. The summed E-state index contributed by atoms with van der Waals surface area (Å²) in [7, 11) is 2.80. The molecule has 0 aliphatic carbocycles. The molecule has 28 heavy (non-hydrogen) atoms. The summed E-state index contributed by atoms with van der Waals surface area (Å²) in [6.45, 7) is 3.14. The van der Waals surface area contributed by atoms with Gasteiger partial charge < -0.3 is 19.5 Å². The number of aryl methyl sites for hydroxylation is 2. The maximum Gasteiger partial charge on any atom is 0.346 e. The highest BCUT2D eigenvalue weighted by atomic mass is 16.5. The zero-order chi connectivity index (χ0) is 20.7. The molecule has 0 fully saturated rings. The third kappa shape index (κ3) is 5.23. The maximum absolute atomic E-state index is 12.3. The SMILES string of the molecule is COc1cccc(OC)c1C(=O)OCC(=O)NC(=O)Nc1ccc(C)cc1C. The van der Waals surface area contributed by atoms with Crippen LogP contribution < -0.4 is 20.1 Å². The molecular formula is C20H22N2O6. The van der Waals surface area contributed by atoms with E-state index in [1.54, 1.807) is 24.3 Å². The number of methoxy groups -OCH3 is 2. The Morgan fingerprint density at radius 3 is 2.18 bits per heavy atom. The van der Waals surface area contributed by atoms with Gasteiger partial charge in [-0.1, -0.05) is 23.8 Å². The Balaban J connectivity index is 1.93. The Kier molecular flexibility index (Phi) is 6.97. The van der Waals surface area contributed by atoms with Crippen molar-refractivity contribution in [3.8, 4) is 11.5 Å². The Bertz CT molecular complexity index is 872. The minimum Gasteiger partial charge on any atom is -0.496 e. The molecule has 0 unspecified atom stereocenters. The minimum atomic E-state index is -0.806. The average molecular weight is 386 g/mol. The summed E-state index contributed by atoms with van der Waals surface area (Å²) < 4.78 is 15.2. The van der Waals surface area contributed by atoms with Crippen LogP contribution in [0.25, 0.3) is 0 Å². The lowest BCUT2D eigenvalue weighted by atomic mass is 10.1. The molecule has 0 atom stereocenters. The fraction of sp³-hybridized carbons (Fsp3) is 0.250. The molecule has 0 saturated heterocycles. The van der Waals surface area contributed by atoms with Crippen LogP contribution in [0.2, 0.25) is 0 Å². The molecule has 8 heteroatoms. The summed E-state index contributed by atoms with van der Waals surface area (Å²) in [4.78, 5) is 36.2. The number of ether oxygens (including phenoxy) is 3. The molecule has 0 aliphatic heterocycles. The van der Waals surface area contributed by atoms with Crippen molar-refractivity contribution >= 4 is 23.6 Å². The van der Waals surface area contributed by atoms with Gasteiger partial charge in [-0.05, 0) is 37.6 Å². The number of anilines is 1. The van der Waals surface area contributed by atoms with Crippen LogP contribution in [0.3, 0.4) is 0 Å². The highest BCUT2D eigenvalue weighted by molar-refractivity contribution is 6.03. The first kappa shape index (κ1) is 20.8. The predicted octanol–water partition coefficient (Wildman–Crippen LogP) is 2.83. The van der Waals surface area contributed by atoms with Gasteiger partial charge in [-0.15, -0.1) is 0 Å². The van der Waals surface area contributed by atoms with Gasteiger partial charge in [0.1, 0.15) is 17.1 Å². The van der Waals surface area contributed by atoms with Gasteiger partial charge in [-0.25, -0.2) is 9.59 Å². The fourth-order valence-electron chi connectivity index (χ4n) is 2.53. The first-order chi connectivity index (χ1) is 13.3. The Labute approximate surface area is 162 Å². The van der Waals surface area contributed by atoms with Crippen molar-refractivity contribution in [2.24, 2.45) is 0 Å². The number of carbonyl (C=O) groups excluding carboxylic acids is 3. The quantitative estimate of drug-likeness (QED) is 0.740. The van der Waals surface area contributed by atoms with Crippen molar-refractivity contribution < 1.29 is 28.6 Å². The van der Waals surface area contributed by atoms with Crippen molar-refractivity contribution in [2.45, 2.75) is 13.8 Å². The van der Waals surface area contributed by atoms with Gasteiger partial charge >= 0.3 is 12.0 Å². The van der Waals surface area contributed by atoms with Crippen LogP contribution in [0, 0.1) is 13.8 Å². The van der Waals surface area contributed by atoms with Crippen LogP contribution >= 0.6 is 0 Å². The maximum atomic E-state index is 12.3. The molecular weight excluding hydrogens is 364 g/mol. The van der Waals surface area contributed by atoms with Crippen molar-refractivity contribution in [3.63, 3.8) is 0 Å². The van der Waals surface area contributed by atoms with E-state index in [2.05, 4.69) is 10.6 Å². The molecule has 2 N–H and O–H groups in total. The number of imide groups is 1. The molecule has 0 aromatic heterocycles. The number of urea groups is 1. The van der Waals surface area contributed by atoms with Gasteiger partial charge in [-0.2, -0.15) is 0 Å². The molecule has 0 heterocycles. The fourth-order valence-corrected chi connectivity index (χ4v) is 2.53. The average Bonchev–Trinajstić information content (AvgIpc) is 2.67. The number of benzene rings is 2. The summed E-state index contributed by atoms with van der Waals surface area (Å²) in [6.07, 6.45) is 0. The van der Waals surface area contributed by atoms with E-state index >= 15 is 0 Å². The van der Waals surface area contributed by atoms with Crippen LogP contribution in [-0.2, 0) is 9.53 Å². The van der Waals surface area contributed by atoms with Gasteiger partial charge in [-0.3, -0.25) is 10.1 Å². The van der Waals surface area contributed by atoms with Gasteiger partial charge in [0, 0.05) is 5.69 Å². The molecule has 3 amide bonds. The van der Waals surface area contributed by atoms with Crippen LogP contribution in [0.15, 0.2) is 36.4 Å². The molecule has 8 nitrogen and oxygen atoms in total. The number of esters is 1. The monoisotopic (exact) mass is 386 g/mol. The molecule has 0 saturated carbocycles. The van der Waals surface area contributed by atoms with Crippen LogP contribution in [-0.4, -0.2) is 38.7 Å². The second-order valence-electron chi connectivity index (χ2n) is 5.93. The molecule has 0 bridgehead atoms. The molecule has 2 aromatic rings. The van der Waals surface area contributed by atoms with Gasteiger partial charge in [0.05, 0.1) is 14.2 Å². The lowest BCUT2D eigenvalue weighted by Gasteiger charge is -2.12. The van der Waals surface area contributed by atoms with E-state index in [4.69, 9.17) is 14.2 Å². The largest absolute Gasteiger partial charge is 0.496 e.